The molecule has 1 aliphatic heterocycles. The number of benzene rings is 3. The molecule has 5 aromatic rings. The summed E-state index contributed by atoms with van der Waals surface area (Å²) >= 11 is 1.40. The van der Waals surface area contributed by atoms with Crippen LogP contribution < -0.4 is 10.6 Å². The van der Waals surface area contributed by atoms with Crippen LogP contribution in [0, 0.1) is 11.6 Å². The normalized spacial score (nSPS) is 14.6. The summed E-state index contributed by atoms with van der Waals surface area (Å²) in [4.78, 5) is 11.0. The Morgan fingerprint density at radius 2 is 1.77 bits per heavy atom. The largest absolute Gasteiger partial charge is 0.352 e. The molecule has 0 radical (unpaired) electrons. The first-order valence-electron chi connectivity index (χ1n) is 11.5. The van der Waals surface area contributed by atoms with Crippen molar-refractivity contribution in [3.8, 4) is 11.1 Å². The lowest BCUT2D eigenvalue weighted by Crippen LogP contribution is -2.42. The molecule has 3 heterocycles. The average Bonchev–Trinajstić information content (AvgIpc) is 3.32. The Morgan fingerprint density at radius 1 is 0.886 bits per heavy atom. The van der Waals surface area contributed by atoms with E-state index in [1.165, 1.54) is 17.4 Å². The van der Waals surface area contributed by atoms with E-state index < -0.39 is 0 Å². The average molecular weight is 488 g/mol. The van der Waals surface area contributed by atoms with Gasteiger partial charge in [-0.3, -0.25) is 9.88 Å². The van der Waals surface area contributed by atoms with Gasteiger partial charge in [-0.1, -0.05) is 18.2 Å². The third kappa shape index (κ3) is 4.48. The van der Waals surface area contributed by atoms with Gasteiger partial charge in [0, 0.05) is 55.6 Å². The van der Waals surface area contributed by atoms with E-state index in [2.05, 4.69) is 25.5 Å². The smallest absolute Gasteiger partial charge is 0.148 e. The zero-order chi connectivity index (χ0) is 23.8. The van der Waals surface area contributed by atoms with E-state index >= 15 is 4.39 Å². The molecule has 1 aliphatic rings. The highest BCUT2D eigenvalue weighted by molar-refractivity contribution is 7.16. The van der Waals surface area contributed by atoms with Crippen LogP contribution in [0.25, 0.3) is 32.2 Å². The lowest BCUT2D eigenvalue weighted by Gasteiger charge is -2.27. The van der Waals surface area contributed by atoms with Gasteiger partial charge in [-0.05, 0) is 47.5 Å². The molecule has 3 aromatic carbocycles. The maximum absolute atomic E-state index is 15.2. The van der Waals surface area contributed by atoms with Crippen molar-refractivity contribution in [2.75, 3.05) is 31.5 Å². The van der Waals surface area contributed by atoms with Crippen LogP contribution in [0.15, 0.2) is 66.3 Å². The maximum Gasteiger partial charge on any atom is 0.148 e. The lowest BCUT2D eigenvalue weighted by atomic mass is 10.0. The van der Waals surface area contributed by atoms with Crippen molar-refractivity contribution in [3.63, 3.8) is 0 Å². The molecule has 0 spiro atoms. The number of hydrogen-bond donors (Lipinski definition) is 2. The predicted octanol–water partition coefficient (Wildman–Crippen LogP) is 5.94. The van der Waals surface area contributed by atoms with Crippen LogP contribution in [-0.4, -0.2) is 41.0 Å². The second-order valence-electron chi connectivity index (χ2n) is 8.71. The minimum atomic E-state index is -0.353. The molecule has 0 saturated carbocycles. The van der Waals surface area contributed by atoms with Gasteiger partial charge in [-0.15, -0.1) is 11.3 Å². The zero-order valence-electron chi connectivity index (χ0n) is 18.9. The number of pyridine rings is 1. The number of halogens is 2. The Balaban J connectivity index is 1.32. The van der Waals surface area contributed by atoms with Gasteiger partial charge in [-0.25, -0.2) is 13.8 Å². The number of thiazole rings is 1. The lowest BCUT2D eigenvalue weighted by molar-refractivity contribution is 0.233. The van der Waals surface area contributed by atoms with E-state index in [1.54, 1.807) is 29.9 Å². The van der Waals surface area contributed by atoms with Gasteiger partial charge in [0.2, 0.25) is 0 Å². The van der Waals surface area contributed by atoms with Crippen LogP contribution in [0.3, 0.4) is 0 Å². The Kier molecular flexibility index (Phi) is 5.85. The van der Waals surface area contributed by atoms with E-state index in [4.69, 9.17) is 0 Å². The van der Waals surface area contributed by atoms with Crippen molar-refractivity contribution in [2.45, 2.75) is 6.54 Å². The number of nitrogens with zero attached hydrogens (tertiary/aromatic N) is 3. The van der Waals surface area contributed by atoms with Crippen LogP contribution >= 0.6 is 11.3 Å². The molecule has 8 heteroatoms. The van der Waals surface area contributed by atoms with Gasteiger partial charge in [0.25, 0.3) is 0 Å². The molecular weight excluding hydrogens is 464 g/mol. The fourth-order valence-corrected chi connectivity index (χ4v) is 5.24. The SMILES string of the molecule is Fc1cc2scnc2cc1Nc1ccnc2ccc(-c3ccc(CN4CCNCC4)cc3F)cc12. The molecule has 35 heavy (non-hydrogen) atoms. The zero-order valence-corrected chi connectivity index (χ0v) is 19.7. The fourth-order valence-electron chi connectivity index (χ4n) is 4.56. The van der Waals surface area contributed by atoms with Gasteiger partial charge < -0.3 is 10.6 Å². The Labute approximate surface area is 205 Å². The number of rotatable bonds is 5. The highest BCUT2D eigenvalue weighted by atomic mass is 32.1. The molecular formula is C27H23F2N5S. The highest BCUT2D eigenvalue weighted by Crippen LogP contribution is 2.33. The van der Waals surface area contributed by atoms with Gasteiger partial charge in [-0.2, -0.15) is 0 Å². The molecule has 5 nitrogen and oxygen atoms in total. The summed E-state index contributed by atoms with van der Waals surface area (Å²) in [5.41, 5.74) is 6.45. The first kappa shape index (κ1) is 22.0. The minimum absolute atomic E-state index is 0.254. The number of piperazine rings is 1. The second-order valence-corrected chi connectivity index (χ2v) is 9.59. The molecule has 2 aromatic heterocycles. The van der Waals surface area contributed by atoms with Gasteiger partial charge >= 0.3 is 0 Å². The van der Waals surface area contributed by atoms with Crippen LogP contribution in [0.4, 0.5) is 20.2 Å². The Morgan fingerprint density at radius 3 is 2.63 bits per heavy atom. The van der Waals surface area contributed by atoms with E-state index in [-0.39, 0.29) is 11.6 Å². The van der Waals surface area contributed by atoms with Crippen LogP contribution in [-0.2, 0) is 6.54 Å². The number of nitrogens with one attached hydrogen (secondary N) is 2. The Bertz CT molecular complexity index is 1530. The first-order valence-corrected chi connectivity index (χ1v) is 12.4. The summed E-state index contributed by atoms with van der Waals surface area (Å²) in [5, 5.41) is 7.31. The summed E-state index contributed by atoms with van der Waals surface area (Å²) in [7, 11) is 0. The minimum Gasteiger partial charge on any atom is -0.352 e. The predicted molar refractivity (Wildman–Crippen MR) is 138 cm³/mol. The molecule has 1 saturated heterocycles. The van der Waals surface area contributed by atoms with Crippen molar-refractivity contribution >= 4 is 43.8 Å². The molecule has 0 bridgehead atoms. The monoisotopic (exact) mass is 487 g/mol. The topological polar surface area (TPSA) is 53.1 Å². The van der Waals surface area contributed by atoms with Crippen molar-refractivity contribution in [2.24, 2.45) is 0 Å². The number of anilines is 2. The first-order chi connectivity index (χ1) is 17.1. The molecule has 0 unspecified atom stereocenters. The standard InChI is InChI=1S/C27H23F2N5S/c28-21-11-17(15-34-9-7-30-8-10-34)1-3-19(21)18-2-4-23-20(12-18)24(5-6-31-23)33-25-14-26-27(13-22(25)29)35-16-32-26/h1-6,11-14,16,30H,7-10,15H2,(H,31,33). The highest BCUT2D eigenvalue weighted by Gasteiger charge is 2.14. The van der Waals surface area contributed by atoms with Gasteiger partial charge in [0.05, 0.1) is 26.9 Å². The van der Waals surface area contributed by atoms with E-state index in [1.807, 2.05) is 30.3 Å². The van der Waals surface area contributed by atoms with E-state index in [9.17, 15) is 4.39 Å². The third-order valence-corrected chi connectivity index (χ3v) is 7.18. The fraction of sp³-hybridized carbons (Fsp3) is 0.185. The van der Waals surface area contributed by atoms with E-state index in [0.29, 0.717) is 16.9 Å². The summed E-state index contributed by atoms with van der Waals surface area (Å²) in [5.74, 6) is -0.607. The van der Waals surface area contributed by atoms with Gasteiger partial charge in [0.1, 0.15) is 11.6 Å². The van der Waals surface area contributed by atoms with Gasteiger partial charge in [0.15, 0.2) is 0 Å². The maximum atomic E-state index is 15.2. The Hall–Kier alpha value is -3.46. The van der Waals surface area contributed by atoms with Crippen molar-refractivity contribution in [3.05, 3.63) is 83.5 Å². The van der Waals surface area contributed by atoms with Crippen LogP contribution in [0.5, 0.6) is 0 Å². The summed E-state index contributed by atoms with van der Waals surface area (Å²) in [6.07, 6.45) is 1.68. The van der Waals surface area contributed by atoms with E-state index in [0.717, 1.165) is 65.0 Å². The summed E-state index contributed by atoms with van der Waals surface area (Å²) in [6, 6.07) is 16.1. The van der Waals surface area contributed by atoms with Crippen molar-refractivity contribution in [1.29, 1.82) is 0 Å². The molecule has 6 rings (SSSR count). The number of fused-ring (bicyclic) bond motifs is 2. The third-order valence-electron chi connectivity index (χ3n) is 6.39. The van der Waals surface area contributed by atoms with Crippen LogP contribution in [0.2, 0.25) is 0 Å². The number of hydrogen-bond acceptors (Lipinski definition) is 6. The molecule has 0 atom stereocenters. The summed E-state index contributed by atoms with van der Waals surface area (Å²) < 4.78 is 30.7. The molecule has 2 N–H and O–H groups in total. The van der Waals surface area contributed by atoms with Crippen LogP contribution in [0.1, 0.15) is 5.56 Å². The molecule has 176 valence electrons. The number of aromatic nitrogens is 2. The quantitative estimate of drug-likeness (QED) is 0.321. The van der Waals surface area contributed by atoms with Crippen molar-refractivity contribution in [1.82, 2.24) is 20.2 Å². The second kappa shape index (κ2) is 9.30. The molecule has 0 aliphatic carbocycles. The summed E-state index contributed by atoms with van der Waals surface area (Å²) in [6.45, 7) is 4.59. The molecule has 0 amide bonds. The molecule has 1 fully saturated rings. The van der Waals surface area contributed by atoms with Crippen molar-refractivity contribution < 1.29 is 8.78 Å².